The van der Waals surface area contributed by atoms with Crippen LogP contribution in [0.25, 0.3) is 0 Å². The largest absolute Gasteiger partial charge is 0.394 e. The Kier molecular flexibility index (Phi) is 6.19. The summed E-state index contributed by atoms with van der Waals surface area (Å²) in [5.41, 5.74) is 0. The number of hydrogen-bond acceptors (Lipinski definition) is 6. The van der Waals surface area contributed by atoms with Gasteiger partial charge in [-0.3, -0.25) is 0 Å². The molecule has 0 aromatic carbocycles. The lowest BCUT2D eigenvalue weighted by Crippen LogP contribution is -2.10. The highest BCUT2D eigenvalue weighted by Gasteiger charge is 2.04. The summed E-state index contributed by atoms with van der Waals surface area (Å²) in [6.45, 7) is 1.40. The molecule has 1 aromatic heterocycles. The second kappa shape index (κ2) is 7.75. The Bertz CT molecular complexity index is 338. The van der Waals surface area contributed by atoms with E-state index in [1.807, 2.05) is 0 Å². The lowest BCUT2D eigenvalue weighted by molar-refractivity contribution is 0.0921. The zero-order chi connectivity index (χ0) is 12.5. The van der Waals surface area contributed by atoms with Gasteiger partial charge in [-0.1, -0.05) is 0 Å². The molecule has 0 unspecified atom stereocenters. The van der Waals surface area contributed by atoms with Crippen LogP contribution in [0, 0.1) is 5.82 Å². The molecule has 0 atom stereocenters. The Labute approximate surface area is 99.2 Å². The summed E-state index contributed by atoms with van der Waals surface area (Å²) in [4.78, 5) is 7.67. The molecule has 0 aliphatic carbocycles. The number of halogens is 1. The first-order chi connectivity index (χ1) is 8.27. The molecule has 0 amide bonds. The smallest absolute Gasteiger partial charge is 0.224 e. The molecule has 17 heavy (non-hydrogen) atoms. The molecule has 0 bridgehead atoms. The minimum Gasteiger partial charge on any atom is -0.394 e. The van der Waals surface area contributed by atoms with Crippen molar-refractivity contribution < 1.29 is 14.2 Å². The Morgan fingerprint density at radius 3 is 3.00 bits per heavy atom. The number of aliphatic hydroxyl groups excluding tert-OH is 1. The van der Waals surface area contributed by atoms with Crippen LogP contribution < -0.4 is 10.6 Å². The van der Waals surface area contributed by atoms with E-state index in [2.05, 4.69) is 20.6 Å². The first kappa shape index (κ1) is 13.6. The molecule has 96 valence electrons. The van der Waals surface area contributed by atoms with Gasteiger partial charge in [0.05, 0.1) is 19.4 Å². The predicted molar refractivity (Wildman–Crippen MR) is 62.5 cm³/mol. The molecule has 0 aliphatic heterocycles. The van der Waals surface area contributed by atoms with Crippen molar-refractivity contribution in [3.8, 4) is 0 Å². The highest BCUT2D eigenvalue weighted by molar-refractivity contribution is 5.40. The molecule has 6 nitrogen and oxygen atoms in total. The third-order valence-corrected chi connectivity index (χ3v) is 1.96. The van der Waals surface area contributed by atoms with E-state index >= 15 is 0 Å². The van der Waals surface area contributed by atoms with Crippen molar-refractivity contribution in [1.82, 2.24) is 9.97 Å². The van der Waals surface area contributed by atoms with E-state index in [0.717, 1.165) is 6.20 Å². The van der Waals surface area contributed by atoms with Gasteiger partial charge >= 0.3 is 0 Å². The van der Waals surface area contributed by atoms with E-state index in [0.29, 0.717) is 32.1 Å². The molecule has 1 heterocycles. The van der Waals surface area contributed by atoms with Gasteiger partial charge in [-0.05, 0) is 6.42 Å². The fourth-order valence-electron chi connectivity index (χ4n) is 1.16. The number of aromatic nitrogens is 2. The van der Waals surface area contributed by atoms with Crippen molar-refractivity contribution in [2.24, 2.45) is 0 Å². The van der Waals surface area contributed by atoms with Gasteiger partial charge in [0, 0.05) is 20.2 Å². The molecule has 1 aromatic rings. The van der Waals surface area contributed by atoms with Gasteiger partial charge in [-0.25, -0.2) is 9.37 Å². The average Bonchev–Trinajstić information content (AvgIpc) is 2.35. The van der Waals surface area contributed by atoms with Crippen molar-refractivity contribution in [3.63, 3.8) is 0 Å². The molecule has 0 aliphatic rings. The van der Waals surface area contributed by atoms with E-state index in [1.54, 1.807) is 7.05 Å². The highest BCUT2D eigenvalue weighted by atomic mass is 19.1. The van der Waals surface area contributed by atoms with Crippen molar-refractivity contribution in [2.75, 3.05) is 44.0 Å². The Morgan fingerprint density at radius 1 is 1.47 bits per heavy atom. The van der Waals surface area contributed by atoms with Crippen molar-refractivity contribution in [3.05, 3.63) is 12.0 Å². The van der Waals surface area contributed by atoms with Gasteiger partial charge in [0.1, 0.15) is 0 Å². The maximum absolute atomic E-state index is 13.3. The third-order valence-electron chi connectivity index (χ3n) is 1.96. The summed E-state index contributed by atoms with van der Waals surface area (Å²) in [5.74, 6) is 0.0530. The molecule has 0 saturated carbocycles. The Balaban J connectivity index is 2.30. The van der Waals surface area contributed by atoms with E-state index < -0.39 is 5.82 Å². The molecule has 0 saturated heterocycles. The van der Waals surface area contributed by atoms with Gasteiger partial charge in [0.15, 0.2) is 11.6 Å². The van der Waals surface area contributed by atoms with Crippen LogP contribution in [0.5, 0.6) is 0 Å². The number of aliphatic hydroxyl groups is 1. The van der Waals surface area contributed by atoms with Crippen molar-refractivity contribution in [2.45, 2.75) is 6.42 Å². The Morgan fingerprint density at radius 2 is 2.29 bits per heavy atom. The minimum absolute atomic E-state index is 0.0134. The number of rotatable bonds is 8. The van der Waals surface area contributed by atoms with E-state index in [9.17, 15) is 4.39 Å². The van der Waals surface area contributed by atoms with Crippen LogP contribution in [0.1, 0.15) is 6.42 Å². The molecule has 0 fully saturated rings. The molecule has 0 radical (unpaired) electrons. The van der Waals surface area contributed by atoms with Crippen LogP contribution in [0.2, 0.25) is 0 Å². The second-order valence-corrected chi connectivity index (χ2v) is 3.26. The number of nitrogens with one attached hydrogen (secondary N) is 2. The van der Waals surface area contributed by atoms with Crippen molar-refractivity contribution in [1.29, 1.82) is 0 Å². The minimum atomic E-state index is -0.486. The Hall–Kier alpha value is -1.47. The fourth-order valence-corrected chi connectivity index (χ4v) is 1.16. The van der Waals surface area contributed by atoms with Crippen molar-refractivity contribution >= 4 is 11.8 Å². The van der Waals surface area contributed by atoms with Crippen LogP contribution in [0.4, 0.5) is 16.2 Å². The molecule has 7 heteroatoms. The average molecular weight is 244 g/mol. The van der Waals surface area contributed by atoms with E-state index in [1.165, 1.54) is 0 Å². The zero-order valence-electron chi connectivity index (χ0n) is 9.74. The lowest BCUT2D eigenvalue weighted by atomic mass is 10.4. The van der Waals surface area contributed by atoms with Crippen LogP contribution in [0.15, 0.2) is 6.20 Å². The van der Waals surface area contributed by atoms with Crippen LogP contribution in [-0.4, -0.2) is 48.5 Å². The van der Waals surface area contributed by atoms with Gasteiger partial charge in [-0.2, -0.15) is 4.98 Å². The molecular weight excluding hydrogens is 227 g/mol. The fraction of sp³-hybridized carbons (Fsp3) is 0.600. The zero-order valence-corrected chi connectivity index (χ0v) is 9.74. The van der Waals surface area contributed by atoms with Crippen LogP contribution in [-0.2, 0) is 4.74 Å². The highest BCUT2D eigenvalue weighted by Crippen LogP contribution is 2.11. The molecular formula is C10H17FN4O2. The predicted octanol–water partition coefficient (Wildman–Crippen LogP) is 0.468. The van der Waals surface area contributed by atoms with E-state index in [-0.39, 0.29) is 12.4 Å². The number of anilines is 2. The van der Waals surface area contributed by atoms with Gasteiger partial charge in [0.2, 0.25) is 5.95 Å². The molecule has 1 rings (SSSR count). The van der Waals surface area contributed by atoms with Gasteiger partial charge in [-0.15, -0.1) is 0 Å². The van der Waals surface area contributed by atoms with E-state index in [4.69, 9.17) is 9.84 Å². The summed E-state index contributed by atoms with van der Waals surface area (Å²) in [5, 5.41) is 14.1. The monoisotopic (exact) mass is 244 g/mol. The third kappa shape index (κ3) is 4.92. The number of hydrogen-bond donors (Lipinski definition) is 3. The topological polar surface area (TPSA) is 79.3 Å². The number of nitrogens with zero attached hydrogens (tertiary/aromatic N) is 2. The first-order valence-corrected chi connectivity index (χ1v) is 5.40. The lowest BCUT2D eigenvalue weighted by Gasteiger charge is -2.07. The van der Waals surface area contributed by atoms with Gasteiger partial charge in [0.25, 0.3) is 0 Å². The second-order valence-electron chi connectivity index (χ2n) is 3.26. The molecule has 3 N–H and O–H groups in total. The summed E-state index contributed by atoms with van der Waals surface area (Å²) in [6.07, 6.45) is 1.82. The summed E-state index contributed by atoms with van der Waals surface area (Å²) in [7, 11) is 1.67. The van der Waals surface area contributed by atoms with Crippen LogP contribution in [0.3, 0.4) is 0 Å². The maximum atomic E-state index is 13.3. The standard InChI is InChI=1S/C10H17FN4O2/c1-12-10-14-7-8(11)9(15-10)13-3-2-5-17-6-4-16/h7,16H,2-6H2,1H3,(H2,12,13,14,15). The van der Waals surface area contributed by atoms with Gasteiger partial charge < -0.3 is 20.5 Å². The summed E-state index contributed by atoms with van der Waals surface area (Å²) >= 11 is 0. The first-order valence-electron chi connectivity index (χ1n) is 5.40. The summed E-state index contributed by atoms with van der Waals surface area (Å²) < 4.78 is 18.3. The normalized spacial score (nSPS) is 10.3. The quantitative estimate of drug-likeness (QED) is 0.577. The SMILES string of the molecule is CNc1ncc(F)c(NCCCOCCO)n1. The number of ether oxygens (including phenoxy) is 1. The maximum Gasteiger partial charge on any atom is 0.224 e. The van der Waals surface area contributed by atoms with Crippen LogP contribution >= 0.6 is 0 Å². The molecule has 0 spiro atoms. The summed E-state index contributed by atoms with van der Waals surface area (Å²) in [6, 6.07) is 0.